The van der Waals surface area contributed by atoms with Crippen molar-refractivity contribution in [1.82, 2.24) is 4.90 Å². The largest absolute Gasteiger partial charge is 0.636 e. The van der Waals surface area contributed by atoms with E-state index in [1.54, 1.807) is 0 Å². The van der Waals surface area contributed by atoms with E-state index >= 15 is 0 Å². The van der Waals surface area contributed by atoms with Gasteiger partial charge >= 0.3 is 0 Å². The molecule has 0 aromatic carbocycles. The van der Waals surface area contributed by atoms with Crippen molar-refractivity contribution in [3.8, 4) is 0 Å². The number of hydrogen-bond acceptors (Lipinski definition) is 2. The van der Waals surface area contributed by atoms with Crippen LogP contribution in [0, 0.1) is 5.21 Å². The topological polar surface area (TPSA) is 42.9 Å². The quantitative estimate of drug-likeness (QED) is 0.246. The average molecular weight is 359 g/mol. The monoisotopic (exact) mass is 358 g/mol. The Hall–Kier alpha value is -0.120. The van der Waals surface area contributed by atoms with Gasteiger partial charge in [0.25, 0.3) is 0 Å². The van der Waals surface area contributed by atoms with E-state index in [1.165, 1.54) is 103 Å². The van der Waals surface area contributed by atoms with Crippen molar-refractivity contribution in [3.63, 3.8) is 0 Å². The summed E-state index contributed by atoms with van der Waals surface area (Å²) in [7, 11) is 4.31. The highest BCUT2D eigenvalue weighted by molar-refractivity contribution is 4.48. The summed E-state index contributed by atoms with van der Waals surface area (Å²) in [5.74, 6) is 0. The lowest BCUT2D eigenvalue weighted by atomic mass is 10.1. The fourth-order valence-electron chi connectivity index (χ4n) is 2.92. The Morgan fingerprint density at radius 1 is 0.560 bits per heavy atom. The van der Waals surface area contributed by atoms with E-state index in [0.29, 0.717) is 0 Å². The zero-order valence-corrected chi connectivity index (χ0v) is 18.2. The average Bonchev–Trinajstić information content (AvgIpc) is 2.60. The van der Waals surface area contributed by atoms with Gasteiger partial charge in [-0.25, -0.2) is 0 Å². The third-order valence-corrected chi connectivity index (χ3v) is 4.63. The molecule has 0 amide bonds. The minimum Gasteiger partial charge on any atom is -0.636 e. The van der Waals surface area contributed by atoms with E-state index in [9.17, 15) is 5.21 Å². The summed E-state index contributed by atoms with van der Waals surface area (Å²) in [5.41, 5.74) is 1.02. The van der Waals surface area contributed by atoms with Gasteiger partial charge in [0, 0.05) is 0 Å². The van der Waals surface area contributed by atoms with Crippen LogP contribution in [-0.2, 0) is 0 Å². The van der Waals surface area contributed by atoms with E-state index in [-0.39, 0.29) is 0 Å². The van der Waals surface area contributed by atoms with Gasteiger partial charge in [-0.1, -0.05) is 97.3 Å². The molecule has 25 heavy (non-hydrogen) atoms. The van der Waals surface area contributed by atoms with Gasteiger partial charge in [0.15, 0.2) is 0 Å². The molecule has 0 spiro atoms. The van der Waals surface area contributed by atoms with Gasteiger partial charge in [0.2, 0.25) is 0 Å². The summed E-state index contributed by atoms with van der Waals surface area (Å²) in [5, 5.41) is 9.98. The molecule has 0 heterocycles. The summed E-state index contributed by atoms with van der Waals surface area (Å²) in [6, 6.07) is 0. The maximum Gasteiger partial charge on any atom is 0.0752 e. The molecule has 0 unspecified atom stereocenters. The molecular formula is C22H50N2O. The standard InChI is InChI=1S/C12H27N.C10H23NO/c1-4-5-6-7-8-9-10-11-12-13(2)3;1-2-3-4-5-6-7-8-9-10-11-12/h4-12H2,1-3H3;2-11H2,1H3. The first kappa shape index (κ1) is 27.1. The number of hydrogen-bond donors (Lipinski definition) is 1. The van der Waals surface area contributed by atoms with E-state index in [2.05, 4.69) is 32.8 Å². The molecule has 3 heteroatoms. The van der Waals surface area contributed by atoms with Crippen LogP contribution >= 0.6 is 0 Å². The maximum absolute atomic E-state index is 9.98. The first-order chi connectivity index (χ1) is 12.2. The zero-order valence-electron chi connectivity index (χ0n) is 18.2. The molecule has 154 valence electrons. The van der Waals surface area contributed by atoms with Crippen LogP contribution in [0.15, 0.2) is 0 Å². The number of unbranched alkanes of at least 4 members (excludes halogenated alkanes) is 14. The summed E-state index contributed by atoms with van der Waals surface area (Å²) < 4.78 is 0. The second kappa shape index (κ2) is 26.1. The molecule has 3 nitrogen and oxygen atoms in total. The lowest BCUT2D eigenvalue weighted by molar-refractivity contribution is -0.589. The number of hydroxylamine groups is 1. The Morgan fingerprint density at radius 2 is 0.920 bits per heavy atom. The lowest BCUT2D eigenvalue weighted by Gasteiger charge is -2.08. The van der Waals surface area contributed by atoms with Gasteiger partial charge in [0.05, 0.1) is 6.54 Å². The second-order valence-electron chi connectivity index (χ2n) is 7.71. The third-order valence-electron chi connectivity index (χ3n) is 4.63. The molecule has 0 aliphatic rings. The van der Waals surface area contributed by atoms with Crippen LogP contribution < -0.4 is 5.48 Å². The molecule has 0 aromatic heterocycles. The van der Waals surface area contributed by atoms with Crippen molar-refractivity contribution < 1.29 is 5.48 Å². The van der Waals surface area contributed by atoms with Gasteiger partial charge in [0.1, 0.15) is 0 Å². The molecule has 0 fully saturated rings. The Bertz CT molecular complexity index is 200. The first-order valence-corrected chi connectivity index (χ1v) is 11.3. The number of nitrogens with zero attached hydrogens (tertiary/aromatic N) is 1. The van der Waals surface area contributed by atoms with Crippen LogP contribution in [0.1, 0.15) is 117 Å². The van der Waals surface area contributed by atoms with Gasteiger partial charge < -0.3 is 15.6 Å². The van der Waals surface area contributed by atoms with Crippen molar-refractivity contribution in [2.45, 2.75) is 117 Å². The molecule has 2 N–H and O–H groups in total. The lowest BCUT2D eigenvalue weighted by Crippen LogP contribution is -2.77. The van der Waals surface area contributed by atoms with Crippen molar-refractivity contribution in [3.05, 3.63) is 5.21 Å². The predicted molar refractivity (Wildman–Crippen MR) is 114 cm³/mol. The van der Waals surface area contributed by atoms with Crippen LogP contribution in [0.25, 0.3) is 0 Å². The van der Waals surface area contributed by atoms with E-state index in [0.717, 1.165) is 18.4 Å². The van der Waals surface area contributed by atoms with Crippen LogP contribution in [0.2, 0.25) is 0 Å². The summed E-state index contributed by atoms with van der Waals surface area (Å²) in [4.78, 5) is 2.27. The summed E-state index contributed by atoms with van der Waals surface area (Å²) in [6.45, 7) is 6.53. The van der Waals surface area contributed by atoms with Gasteiger partial charge in [-0.3, -0.25) is 0 Å². The number of nitrogens with two attached hydrogens (primary N) is 1. The minimum atomic E-state index is 0.759. The van der Waals surface area contributed by atoms with Gasteiger partial charge in [-0.15, -0.1) is 0 Å². The fraction of sp³-hybridized carbons (Fsp3) is 1.00. The molecule has 0 rings (SSSR count). The van der Waals surface area contributed by atoms with Crippen molar-refractivity contribution in [2.75, 3.05) is 27.2 Å². The molecule has 0 aliphatic heterocycles. The van der Waals surface area contributed by atoms with Crippen molar-refractivity contribution in [1.29, 1.82) is 0 Å². The van der Waals surface area contributed by atoms with Crippen LogP contribution in [-0.4, -0.2) is 32.1 Å². The van der Waals surface area contributed by atoms with Crippen molar-refractivity contribution >= 4 is 0 Å². The number of rotatable bonds is 18. The Labute approximate surface area is 159 Å². The second-order valence-corrected chi connectivity index (χ2v) is 7.71. The highest BCUT2D eigenvalue weighted by Crippen LogP contribution is 2.08. The smallest absolute Gasteiger partial charge is 0.0752 e. The first-order valence-electron chi connectivity index (χ1n) is 11.3. The molecule has 0 atom stereocenters. The Morgan fingerprint density at radius 3 is 1.28 bits per heavy atom. The number of quaternary nitrogens is 1. The van der Waals surface area contributed by atoms with Crippen molar-refractivity contribution in [2.24, 2.45) is 0 Å². The molecule has 0 saturated heterocycles. The summed E-state index contributed by atoms with van der Waals surface area (Å²) in [6.07, 6.45) is 21.9. The van der Waals surface area contributed by atoms with Crippen LogP contribution in [0.5, 0.6) is 0 Å². The normalized spacial score (nSPS) is 10.8. The van der Waals surface area contributed by atoms with Gasteiger partial charge in [-0.05, 0) is 39.9 Å². The van der Waals surface area contributed by atoms with Crippen LogP contribution in [0.3, 0.4) is 0 Å². The molecule has 0 saturated carbocycles. The Kier molecular flexibility index (Phi) is 28.3. The highest BCUT2D eigenvalue weighted by Gasteiger charge is 1.92. The fourth-order valence-corrected chi connectivity index (χ4v) is 2.92. The van der Waals surface area contributed by atoms with E-state index in [4.69, 9.17) is 0 Å². The molecule has 0 aliphatic carbocycles. The molecular weight excluding hydrogens is 308 g/mol. The van der Waals surface area contributed by atoms with Crippen LogP contribution in [0.4, 0.5) is 0 Å². The van der Waals surface area contributed by atoms with E-state index < -0.39 is 0 Å². The third kappa shape index (κ3) is 32.1. The summed E-state index contributed by atoms with van der Waals surface area (Å²) >= 11 is 0. The predicted octanol–water partition coefficient (Wildman–Crippen LogP) is 5.88. The highest BCUT2D eigenvalue weighted by atomic mass is 16.5. The SMILES string of the molecule is CCCCCCCCCCN(C)C.CCCCCCCCCC[NH2+][O-]. The molecule has 0 aromatic rings. The molecule has 0 bridgehead atoms. The Balaban J connectivity index is 0. The minimum absolute atomic E-state index is 0.759. The van der Waals surface area contributed by atoms with E-state index in [1.807, 2.05) is 0 Å². The maximum atomic E-state index is 9.98. The van der Waals surface area contributed by atoms with Gasteiger partial charge in [-0.2, -0.15) is 0 Å². The molecule has 0 radical (unpaired) electrons. The zero-order chi connectivity index (χ0) is 19.0.